The van der Waals surface area contributed by atoms with E-state index in [-0.39, 0.29) is 6.79 Å². The Kier molecular flexibility index (Phi) is 3.62. The van der Waals surface area contributed by atoms with Gasteiger partial charge < -0.3 is 9.47 Å². The number of aryl methyl sites for hydroxylation is 2. The van der Waals surface area contributed by atoms with Crippen molar-refractivity contribution in [1.29, 1.82) is 0 Å². The van der Waals surface area contributed by atoms with E-state index in [0.717, 1.165) is 17.0 Å². The summed E-state index contributed by atoms with van der Waals surface area (Å²) in [6.07, 6.45) is 1.62. The largest absolute Gasteiger partial charge is 0.454 e. The number of fused-ring (bicyclic) bond motifs is 1. The molecule has 0 aliphatic carbocycles. The summed E-state index contributed by atoms with van der Waals surface area (Å²) in [6, 6.07) is 5.46. The van der Waals surface area contributed by atoms with E-state index >= 15 is 0 Å². The quantitative estimate of drug-likeness (QED) is 0.697. The van der Waals surface area contributed by atoms with Crippen LogP contribution >= 0.6 is 11.6 Å². The zero-order chi connectivity index (χ0) is 14.8. The van der Waals surface area contributed by atoms with Gasteiger partial charge in [0, 0.05) is 11.4 Å². The maximum Gasteiger partial charge on any atom is 0.243 e. The molecule has 0 fully saturated rings. The standard InChI is InChI=1S/C14H13ClN4O2/c1-8-3-9(2)18-14(17-8)19-16-6-10-4-11(15)13-12(5-10)20-7-21-13/h3-6H,7H2,1-2H3,(H,17,18,19)/b16-6-. The normalized spacial score (nSPS) is 12.9. The average Bonchev–Trinajstić information content (AvgIpc) is 2.86. The number of anilines is 1. The number of aromatic nitrogens is 2. The number of ether oxygens (including phenoxy) is 2. The third-order valence-electron chi connectivity index (χ3n) is 2.81. The lowest BCUT2D eigenvalue weighted by molar-refractivity contribution is 0.174. The lowest BCUT2D eigenvalue weighted by Crippen LogP contribution is -1.99. The Bertz CT molecular complexity index is 698. The first kappa shape index (κ1) is 13.6. The summed E-state index contributed by atoms with van der Waals surface area (Å²) in [6.45, 7) is 3.99. The molecule has 0 saturated heterocycles. The molecule has 0 spiro atoms. The second-order valence-corrected chi connectivity index (χ2v) is 4.99. The molecule has 3 rings (SSSR count). The van der Waals surface area contributed by atoms with Crippen LogP contribution in [0.2, 0.25) is 5.02 Å². The van der Waals surface area contributed by atoms with Gasteiger partial charge in [-0.1, -0.05) is 11.6 Å². The molecule has 6 nitrogen and oxygen atoms in total. The van der Waals surface area contributed by atoms with Crippen molar-refractivity contribution >= 4 is 23.8 Å². The highest BCUT2D eigenvalue weighted by Crippen LogP contribution is 2.39. The van der Waals surface area contributed by atoms with Crippen LogP contribution in [0.5, 0.6) is 11.5 Å². The smallest absolute Gasteiger partial charge is 0.243 e. The number of hydrogen-bond acceptors (Lipinski definition) is 6. The highest BCUT2D eigenvalue weighted by Gasteiger charge is 2.17. The van der Waals surface area contributed by atoms with Crippen molar-refractivity contribution in [3.63, 3.8) is 0 Å². The van der Waals surface area contributed by atoms with Gasteiger partial charge in [-0.2, -0.15) is 5.10 Å². The Hall–Kier alpha value is -2.34. The fraction of sp³-hybridized carbons (Fsp3) is 0.214. The van der Waals surface area contributed by atoms with E-state index in [1.54, 1.807) is 12.3 Å². The van der Waals surface area contributed by atoms with Gasteiger partial charge in [0.1, 0.15) is 0 Å². The highest BCUT2D eigenvalue weighted by atomic mass is 35.5. The predicted molar refractivity (Wildman–Crippen MR) is 80.3 cm³/mol. The summed E-state index contributed by atoms with van der Waals surface area (Å²) in [5.41, 5.74) is 5.35. The molecule has 0 bridgehead atoms. The molecule has 1 aliphatic heterocycles. The van der Waals surface area contributed by atoms with E-state index in [2.05, 4.69) is 20.5 Å². The van der Waals surface area contributed by atoms with Crippen LogP contribution in [0.3, 0.4) is 0 Å². The van der Waals surface area contributed by atoms with Crippen LogP contribution in [0.25, 0.3) is 0 Å². The molecule has 1 aromatic heterocycles. The van der Waals surface area contributed by atoms with Crippen molar-refractivity contribution < 1.29 is 9.47 Å². The average molecular weight is 305 g/mol. The molecule has 0 atom stereocenters. The molecule has 2 aromatic rings. The number of hydrazone groups is 1. The molecule has 0 amide bonds. The van der Waals surface area contributed by atoms with Crippen molar-refractivity contribution in [1.82, 2.24) is 9.97 Å². The summed E-state index contributed by atoms with van der Waals surface area (Å²) < 4.78 is 10.6. The van der Waals surface area contributed by atoms with Crippen LogP contribution in [0.1, 0.15) is 17.0 Å². The van der Waals surface area contributed by atoms with Crippen molar-refractivity contribution in [2.45, 2.75) is 13.8 Å². The summed E-state index contributed by atoms with van der Waals surface area (Å²) in [4.78, 5) is 8.47. The van der Waals surface area contributed by atoms with E-state index in [4.69, 9.17) is 21.1 Å². The van der Waals surface area contributed by atoms with Crippen LogP contribution in [-0.2, 0) is 0 Å². The lowest BCUT2D eigenvalue weighted by Gasteiger charge is -2.02. The Balaban J connectivity index is 1.76. The van der Waals surface area contributed by atoms with Gasteiger partial charge in [0.15, 0.2) is 11.5 Å². The van der Waals surface area contributed by atoms with E-state index in [0.29, 0.717) is 22.5 Å². The fourth-order valence-corrected chi connectivity index (χ4v) is 2.28. The van der Waals surface area contributed by atoms with Crippen LogP contribution in [0.4, 0.5) is 5.95 Å². The molecule has 0 radical (unpaired) electrons. The van der Waals surface area contributed by atoms with E-state index in [1.807, 2.05) is 26.0 Å². The van der Waals surface area contributed by atoms with Crippen LogP contribution in [0, 0.1) is 13.8 Å². The molecule has 1 aromatic carbocycles. The number of benzene rings is 1. The van der Waals surface area contributed by atoms with E-state index in [9.17, 15) is 0 Å². The second kappa shape index (κ2) is 5.57. The van der Waals surface area contributed by atoms with Gasteiger partial charge in [-0.05, 0) is 37.6 Å². The minimum absolute atomic E-state index is 0.185. The molecule has 21 heavy (non-hydrogen) atoms. The number of halogens is 1. The monoisotopic (exact) mass is 304 g/mol. The van der Waals surface area contributed by atoms with Crippen molar-refractivity contribution in [3.05, 3.63) is 40.2 Å². The Labute approximate surface area is 126 Å². The zero-order valence-corrected chi connectivity index (χ0v) is 12.3. The number of nitrogens with zero attached hydrogens (tertiary/aromatic N) is 3. The predicted octanol–water partition coefficient (Wildman–Crippen LogP) is 2.92. The van der Waals surface area contributed by atoms with Crippen LogP contribution in [-0.4, -0.2) is 23.0 Å². The molecule has 0 unspecified atom stereocenters. The third-order valence-corrected chi connectivity index (χ3v) is 3.09. The van der Waals surface area contributed by atoms with Crippen LogP contribution < -0.4 is 14.9 Å². The Morgan fingerprint density at radius 3 is 2.71 bits per heavy atom. The van der Waals surface area contributed by atoms with Gasteiger partial charge in [-0.25, -0.2) is 15.4 Å². The van der Waals surface area contributed by atoms with Gasteiger partial charge in [0.25, 0.3) is 0 Å². The minimum atomic E-state index is 0.185. The summed E-state index contributed by atoms with van der Waals surface area (Å²) in [5.74, 6) is 1.64. The first-order chi connectivity index (χ1) is 10.1. The van der Waals surface area contributed by atoms with Crippen molar-refractivity contribution in [2.75, 3.05) is 12.2 Å². The molecule has 0 saturated carbocycles. The number of hydrogen-bond donors (Lipinski definition) is 1. The first-order valence-corrected chi connectivity index (χ1v) is 6.70. The van der Waals surface area contributed by atoms with Gasteiger partial charge in [0.2, 0.25) is 12.7 Å². The van der Waals surface area contributed by atoms with E-state index in [1.165, 1.54) is 0 Å². The molecule has 1 N–H and O–H groups in total. The van der Waals surface area contributed by atoms with E-state index < -0.39 is 0 Å². The topological polar surface area (TPSA) is 68.6 Å². The molecule has 1 aliphatic rings. The summed E-state index contributed by atoms with van der Waals surface area (Å²) in [5, 5.41) is 4.60. The number of rotatable bonds is 3. The Morgan fingerprint density at radius 1 is 1.19 bits per heavy atom. The maximum absolute atomic E-state index is 6.10. The Morgan fingerprint density at radius 2 is 1.95 bits per heavy atom. The molecule has 2 heterocycles. The van der Waals surface area contributed by atoms with Gasteiger partial charge in [-0.15, -0.1) is 0 Å². The molecule has 7 heteroatoms. The lowest BCUT2D eigenvalue weighted by atomic mass is 10.2. The third kappa shape index (κ3) is 3.05. The van der Waals surface area contributed by atoms with Crippen molar-refractivity contribution in [3.8, 4) is 11.5 Å². The minimum Gasteiger partial charge on any atom is -0.454 e. The van der Waals surface area contributed by atoms with Gasteiger partial charge in [-0.3, -0.25) is 0 Å². The van der Waals surface area contributed by atoms with Gasteiger partial charge >= 0.3 is 0 Å². The SMILES string of the molecule is Cc1cc(C)nc(N/N=C\c2cc(Cl)c3c(c2)OCO3)n1. The summed E-state index contributed by atoms with van der Waals surface area (Å²) in [7, 11) is 0. The van der Waals surface area contributed by atoms with Gasteiger partial charge in [0.05, 0.1) is 11.2 Å². The molecular weight excluding hydrogens is 292 g/mol. The first-order valence-electron chi connectivity index (χ1n) is 6.32. The maximum atomic E-state index is 6.10. The fourth-order valence-electron chi connectivity index (χ4n) is 2.00. The zero-order valence-electron chi connectivity index (χ0n) is 11.6. The number of nitrogens with one attached hydrogen (secondary N) is 1. The molecular formula is C14H13ClN4O2. The molecule has 108 valence electrons. The second-order valence-electron chi connectivity index (χ2n) is 4.58. The van der Waals surface area contributed by atoms with Crippen molar-refractivity contribution in [2.24, 2.45) is 5.10 Å². The summed E-state index contributed by atoms with van der Waals surface area (Å²) >= 11 is 6.10. The van der Waals surface area contributed by atoms with Crippen LogP contribution in [0.15, 0.2) is 23.3 Å². The highest BCUT2D eigenvalue weighted by molar-refractivity contribution is 6.32.